The van der Waals surface area contributed by atoms with E-state index in [1.165, 1.54) is 27.9 Å². The zero-order valence-electron chi connectivity index (χ0n) is 18.5. The van der Waals surface area contributed by atoms with Gasteiger partial charge in [-0.25, -0.2) is 16.8 Å². The molecule has 0 aliphatic heterocycles. The third kappa shape index (κ3) is 3.91. The van der Waals surface area contributed by atoms with E-state index in [9.17, 15) is 12.8 Å². The zero-order valence-corrected chi connectivity index (χ0v) is 20.1. The second-order valence-electron chi connectivity index (χ2n) is 7.96. The first kappa shape index (κ1) is 22.4. The number of benzene rings is 3. The number of hydrogen-bond donors (Lipinski definition) is 0. The summed E-state index contributed by atoms with van der Waals surface area (Å²) in [6, 6.07) is 21.7. The van der Waals surface area contributed by atoms with Gasteiger partial charge in [0, 0.05) is 28.1 Å². The summed E-state index contributed by atoms with van der Waals surface area (Å²) in [7, 11) is -3.84. The van der Waals surface area contributed by atoms with E-state index >= 15 is 0 Å². The molecular formula is C25H21FN4O2S2. The quantitative estimate of drug-likeness (QED) is 0.282. The molecule has 0 aliphatic rings. The fourth-order valence-corrected chi connectivity index (χ4v) is 5.98. The van der Waals surface area contributed by atoms with Gasteiger partial charge in [-0.1, -0.05) is 62.0 Å². The Morgan fingerprint density at radius 2 is 1.56 bits per heavy atom. The lowest BCUT2D eigenvalue weighted by molar-refractivity contribution is 0.589. The minimum Gasteiger partial charge on any atom is -0.270 e. The Labute approximate surface area is 201 Å². The standard InChI is InChI=1S/C25H21FN4O2S2/c1-17(2)33-25-28-27-24(30(25)19-14-12-18(26)13-15-19)22-16-29(23-11-7-6-10-21(22)23)34(31,32)20-8-4-3-5-9-20/h3-17H,1-2H3. The molecule has 0 amide bonds. The summed E-state index contributed by atoms with van der Waals surface area (Å²) < 4.78 is 43.8. The van der Waals surface area contributed by atoms with E-state index in [4.69, 9.17) is 0 Å². The molecule has 0 saturated heterocycles. The van der Waals surface area contributed by atoms with Crippen molar-refractivity contribution in [1.29, 1.82) is 0 Å². The Bertz CT molecular complexity index is 1570. The van der Waals surface area contributed by atoms with E-state index in [1.54, 1.807) is 60.8 Å². The highest BCUT2D eigenvalue weighted by molar-refractivity contribution is 7.99. The van der Waals surface area contributed by atoms with Crippen LogP contribution in [-0.2, 0) is 10.0 Å². The van der Waals surface area contributed by atoms with Gasteiger partial charge in [0.2, 0.25) is 0 Å². The molecule has 0 saturated carbocycles. The fraction of sp³-hybridized carbons (Fsp3) is 0.120. The van der Waals surface area contributed by atoms with Crippen LogP contribution in [0.15, 0.2) is 95.1 Å². The molecule has 0 aliphatic carbocycles. The predicted molar refractivity (Wildman–Crippen MR) is 132 cm³/mol. The third-order valence-corrected chi connectivity index (χ3v) is 7.91. The molecule has 0 fully saturated rings. The largest absolute Gasteiger partial charge is 0.270 e. The van der Waals surface area contributed by atoms with Gasteiger partial charge < -0.3 is 0 Å². The lowest BCUT2D eigenvalue weighted by Crippen LogP contribution is -2.11. The summed E-state index contributed by atoms with van der Waals surface area (Å²) in [5.74, 6) is 0.134. The Morgan fingerprint density at radius 3 is 2.26 bits per heavy atom. The minimum atomic E-state index is -3.84. The van der Waals surface area contributed by atoms with Crippen molar-refractivity contribution in [3.8, 4) is 17.1 Å². The van der Waals surface area contributed by atoms with Gasteiger partial charge in [-0.05, 0) is 42.5 Å². The molecule has 0 spiro atoms. The van der Waals surface area contributed by atoms with Crippen LogP contribution in [0.2, 0.25) is 0 Å². The molecule has 9 heteroatoms. The topological polar surface area (TPSA) is 69.8 Å². The van der Waals surface area contributed by atoms with Crippen LogP contribution >= 0.6 is 11.8 Å². The zero-order chi connectivity index (χ0) is 23.9. The number of thioether (sulfide) groups is 1. The van der Waals surface area contributed by atoms with Crippen LogP contribution < -0.4 is 0 Å². The molecule has 0 radical (unpaired) electrons. The molecule has 6 nitrogen and oxygen atoms in total. The number of para-hydroxylation sites is 1. The molecule has 0 bridgehead atoms. The van der Waals surface area contributed by atoms with Gasteiger partial charge in [-0.2, -0.15) is 0 Å². The van der Waals surface area contributed by atoms with Gasteiger partial charge in [-0.15, -0.1) is 10.2 Å². The highest BCUT2D eigenvalue weighted by Gasteiger charge is 2.25. The first-order chi connectivity index (χ1) is 16.4. The molecule has 172 valence electrons. The Hall–Kier alpha value is -3.43. The SMILES string of the molecule is CC(C)Sc1nnc(-c2cn(S(=O)(=O)c3ccccc3)c3ccccc23)n1-c1ccc(F)cc1. The first-order valence-corrected chi connectivity index (χ1v) is 13.0. The number of aromatic nitrogens is 4. The van der Waals surface area contributed by atoms with Crippen molar-refractivity contribution < 1.29 is 12.8 Å². The van der Waals surface area contributed by atoms with Gasteiger partial charge in [-0.3, -0.25) is 4.57 Å². The molecule has 34 heavy (non-hydrogen) atoms. The van der Waals surface area contributed by atoms with Crippen molar-refractivity contribution in [3.05, 3.63) is 90.9 Å². The van der Waals surface area contributed by atoms with Crippen molar-refractivity contribution in [2.75, 3.05) is 0 Å². The van der Waals surface area contributed by atoms with E-state index in [-0.39, 0.29) is 16.0 Å². The van der Waals surface area contributed by atoms with Crippen LogP contribution in [0.4, 0.5) is 4.39 Å². The normalized spacial score (nSPS) is 12.0. The van der Waals surface area contributed by atoms with Crippen LogP contribution in [0.3, 0.4) is 0 Å². The number of halogens is 1. The number of rotatable bonds is 6. The van der Waals surface area contributed by atoms with Crippen LogP contribution in [0.25, 0.3) is 28.0 Å². The Kier molecular flexibility index (Phi) is 5.75. The summed E-state index contributed by atoms with van der Waals surface area (Å²) in [6.07, 6.45) is 1.58. The number of nitrogens with zero attached hydrogens (tertiary/aromatic N) is 4. The fourth-order valence-electron chi connectivity index (χ4n) is 3.79. The first-order valence-electron chi connectivity index (χ1n) is 10.7. The maximum absolute atomic E-state index is 13.7. The molecule has 0 atom stereocenters. The summed E-state index contributed by atoms with van der Waals surface area (Å²) in [5, 5.41) is 10.4. The predicted octanol–water partition coefficient (Wildman–Crippen LogP) is 5.77. The summed E-state index contributed by atoms with van der Waals surface area (Å²) in [6.45, 7) is 4.10. The Morgan fingerprint density at radius 1 is 0.882 bits per heavy atom. The summed E-state index contributed by atoms with van der Waals surface area (Å²) in [5.41, 5.74) is 1.84. The van der Waals surface area contributed by atoms with Gasteiger partial charge in [0.25, 0.3) is 10.0 Å². The molecular weight excluding hydrogens is 471 g/mol. The molecule has 5 rings (SSSR count). The van der Waals surface area contributed by atoms with E-state index < -0.39 is 10.0 Å². The summed E-state index contributed by atoms with van der Waals surface area (Å²) in [4.78, 5) is 0.193. The van der Waals surface area contributed by atoms with E-state index in [0.717, 1.165) is 5.39 Å². The lowest BCUT2D eigenvalue weighted by atomic mass is 10.1. The lowest BCUT2D eigenvalue weighted by Gasteiger charge is -2.11. The third-order valence-electron chi connectivity index (χ3n) is 5.28. The maximum atomic E-state index is 13.7. The maximum Gasteiger partial charge on any atom is 0.268 e. The van der Waals surface area contributed by atoms with Crippen molar-refractivity contribution >= 4 is 32.7 Å². The molecule has 0 N–H and O–H groups in total. The van der Waals surface area contributed by atoms with Gasteiger partial charge >= 0.3 is 0 Å². The summed E-state index contributed by atoms with van der Waals surface area (Å²) >= 11 is 1.52. The highest BCUT2D eigenvalue weighted by atomic mass is 32.2. The minimum absolute atomic E-state index is 0.193. The number of fused-ring (bicyclic) bond motifs is 1. The van der Waals surface area contributed by atoms with Gasteiger partial charge in [0.1, 0.15) is 5.82 Å². The smallest absolute Gasteiger partial charge is 0.268 e. The second kappa shape index (κ2) is 8.73. The average molecular weight is 493 g/mol. The highest BCUT2D eigenvalue weighted by Crippen LogP contribution is 2.36. The molecule has 0 unspecified atom stereocenters. The van der Waals surface area contributed by atoms with Crippen LogP contribution in [0.1, 0.15) is 13.8 Å². The Balaban J connectivity index is 1.77. The molecule has 3 aromatic carbocycles. The second-order valence-corrected chi connectivity index (χ2v) is 11.3. The van der Waals surface area contributed by atoms with Gasteiger partial charge in [0.05, 0.1) is 10.4 Å². The average Bonchev–Trinajstić information content (AvgIpc) is 3.42. The number of hydrogen-bond acceptors (Lipinski definition) is 5. The molecule has 2 aromatic heterocycles. The van der Waals surface area contributed by atoms with E-state index in [2.05, 4.69) is 10.2 Å². The molecule has 5 aromatic rings. The van der Waals surface area contributed by atoms with E-state index in [1.807, 2.05) is 30.5 Å². The van der Waals surface area contributed by atoms with Crippen molar-refractivity contribution in [2.24, 2.45) is 0 Å². The van der Waals surface area contributed by atoms with Crippen molar-refractivity contribution in [2.45, 2.75) is 29.1 Å². The van der Waals surface area contributed by atoms with E-state index in [0.29, 0.717) is 27.7 Å². The van der Waals surface area contributed by atoms with Crippen molar-refractivity contribution in [1.82, 2.24) is 18.7 Å². The monoisotopic (exact) mass is 492 g/mol. The van der Waals surface area contributed by atoms with Crippen LogP contribution in [-0.4, -0.2) is 32.4 Å². The van der Waals surface area contributed by atoms with Crippen LogP contribution in [0.5, 0.6) is 0 Å². The van der Waals surface area contributed by atoms with Crippen LogP contribution in [0, 0.1) is 5.82 Å². The van der Waals surface area contributed by atoms with Crippen molar-refractivity contribution in [3.63, 3.8) is 0 Å². The molecule has 2 heterocycles. The van der Waals surface area contributed by atoms with Gasteiger partial charge in [0.15, 0.2) is 11.0 Å².